The number of ketones is 1. The molecule has 0 heterocycles. The molecule has 1 N–H and O–H groups in total. The molecule has 1 aromatic rings. The normalized spacial score (nSPS) is 11.8. The van der Waals surface area contributed by atoms with E-state index < -0.39 is 10.0 Å². The number of carbonyl (C=O) groups is 1. The molecule has 0 saturated heterocycles. The van der Waals surface area contributed by atoms with Crippen molar-refractivity contribution in [1.82, 2.24) is 9.62 Å². The Balaban J connectivity index is 2.50. The molecule has 0 atom stereocenters. The minimum Gasteiger partial charge on any atom is -0.379 e. The van der Waals surface area contributed by atoms with Crippen LogP contribution in [0.15, 0.2) is 29.2 Å². The second-order valence-electron chi connectivity index (χ2n) is 4.90. The lowest BCUT2D eigenvalue weighted by atomic mass is 10.2. The quantitative estimate of drug-likeness (QED) is 0.537. The van der Waals surface area contributed by atoms with Gasteiger partial charge in [0.1, 0.15) is 0 Å². The van der Waals surface area contributed by atoms with E-state index in [0.717, 1.165) is 6.54 Å². The maximum atomic E-state index is 12.1. The Morgan fingerprint density at radius 1 is 1.29 bits per heavy atom. The van der Waals surface area contributed by atoms with Crippen LogP contribution < -0.4 is 4.72 Å². The van der Waals surface area contributed by atoms with Gasteiger partial charge in [-0.3, -0.25) is 4.79 Å². The van der Waals surface area contributed by atoms with Crippen LogP contribution in [0.5, 0.6) is 0 Å². The van der Waals surface area contributed by atoms with Crippen LogP contribution in [0.2, 0.25) is 0 Å². The first-order valence-corrected chi connectivity index (χ1v) is 8.14. The monoisotopic (exact) mass is 314 g/mol. The fraction of sp³-hybridized carbons (Fsp3) is 0.500. The largest absolute Gasteiger partial charge is 0.379 e. The Labute approximate surface area is 126 Å². The minimum absolute atomic E-state index is 0.0866. The van der Waals surface area contributed by atoms with Crippen LogP contribution in [0.3, 0.4) is 0 Å². The van der Waals surface area contributed by atoms with E-state index in [-0.39, 0.29) is 17.2 Å². The molecule has 6 nitrogen and oxygen atoms in total. The first-order valence-electron chi connectivity index (χ1n) is 6.66. The van der Waals surface area contributed by atoms with E-state index in [1.54, 1.807) is 12.1 Å². The fourth-order valence-corrected chi connectivity index (χ4v) is 2.62. The van der Waals surface area contributed by atoms with Crippen molar-refractivity contribution >= 4 is 15.8 Å². The molecule has 0 aromatic heterocycles. The van der Waals surface area contributed by atoms with Crippen LogP contribution >= 0.6 is 0 Å². The van der Waals surface area contributed by atoms with Crippen molar-refractivity contribution in [3.63, 3.8) is 0 Å². The van der Waals surface area contributed by atoms with E-state index in [2.05, 4.69) is 4.72 Å². The summed E-state index contributed by atoms with van der Waals surface area (Å²) < 4.78 is 31.9. The number of rotatable bonds is 9. The number of sulfonamides is 1. The minimum atomic E-state index is -3.61. The van der Waals surface area contributed by atoms with Crippen LogP contribution in [0.1, 0.15) is 17.3 Å². The lowest BCUT2D eigenvalue weighted by Gasteiger charge is -2.10. The summed E-state index contributed by atoms with van der Waals surface area (Å²) in [5, 5.41) is 0. The predicted octanol–water partition coefficient (Wildman–Crippen LogP) is 0.746. The number of likely N-dealkylation sites (N-methyl/N-ethyl adjacent to an activating group) is 1. The van der Waals surface area contributed by atoms with Gasteiger partial charge < -0.3 is 9.64 Å². The third-order valence-corrected chi connectivity index (χ3v) is 4.23. The van der Waals surface area contributed by atoms with Gasteiger partial charge in [-0.2, -0.15) is 0 Å². The van der Waals surface area contributed by atoms with Gasteiger partial charge in [0.05, 0.1) is 18.1 Å². The first kappa shape index (κ1) is 17.8. The van der Waals surface area contributed by atoms with Gasteiger partial charge in [0, 0.05) is 18.7 Å². The molecule has 1 rings (SSSR count). The lowest BCUT2D eigenvalue weighted by Crippen LogP contribution is -2.28. The number of hydrogen-bond acceptors (Lipinski definition) is 5. The molecule has 0 radical (unpaired) electrons. The summed E-state index contributed by atoms with van der Waals surface area (Å²) >= 11 is 0. The van der Waals surface area contributed by atoms with Crippen molar-refractivity contribution < 1.29 is 17.9 Å². The summed E-state index contributed by atoms with van der Waals surface area (Å²) in [6.07, 6.45) is 0. The Kier molecular flexibility index (Phi) is 6.97. The Morgan fingerprint density at radius 3 is 2.62 bits per heavy atom. The van der Waals surface area contributed by atoms with E-state index in [1.807, 2.05) is 19.0 Å². The van der Waals surface area contributed by atoms with Crippen LogP contribution in [-0.4, -0.2) is 59.5 Å². The zero-order valence-corrected chi connectivity index (χ0v) is 13.4. The molecule has 0 aliphatic heterocycles. The van der Waals surface area contributed by atoms with Gasteiger partial charge in [0.15, 0.2) is 5.78 Å². The number of carbonyl (C=O) groups excluding carboxylic acids is 1. The molecular weight excluding hydrogens is 292 g/mol. The molecule has 0 fully saturated rings. The van der Waals surface area contributed by atoms with E-state index in [1.165, 1.54) is 19.1 Å². The topological polar surface area (TPSA) is 75.7 Å². The zero-order chi connectivity index (χ0) is 15.9. The molecule has 0 aliphatic rings. The zero-order valence-electron chi connectivity index (χ0n) is 12.6. The van der Waals surface area contributed by atoms with E-state index in [4.69, 9.17) is 4.74 Å². The third kappa shape index (κ3) is 6.34. The standard InChI is InChI=1S/C14H22N2O4S/c1-12(17)13-5-4-6-14(11-13)21(18,19)15-7-9-20-10-8-16(2)3/h4-6,11,15H,7-10H2,1-3H3. The molecule has 118 valence electrons. The highest BCUT2D eigenvalue weighted by Crippen LogP contribution is 2.11. The van der Waals surface area contributed by atoms with Crippen molar-refractivity contribution in [2.75, 3.05) is 40.4 Å². The maximum absolute atomic E-state index is 12.1. The number of hydrogen-bond donors (Lipinski definition) is 1. The SMILES string of the molecule is CC(=O)c1cccc(S(=O)(=O)NCCOCCN(C)C)c1. The number of ether oxygens (including phenoxy) is 1. The number of benzene rings is 1. The van der Waals surface area contributed by atoms with E-state index >= 15 is 0 Å². The van der Waals surface area contributed by atoms with Gasteiger partial charge in [-0.25, -0.2) is 13.1 Å². The predicted molar refractivity (Wildman–Crippen MR) is 81.0 cm³/mol. The summed E-state index contributed by atoms with van der Waals surface area (Å²) in [4.78, 5) is 13.3. The molecule has 0 unspecified atom stereocenters. The molecule has 21 heavy (non-hydrogen) atoms. The van der Waals surface area contributed by atoms with E-state index in [0.29, 0.717) is 18.8 Å². The van der Waals surface area contributed by atoms with Gasteiger partial charge in [-0.1, -0.05) is 12.1 Å². The van der Waals surface area contributed by atoms with Crippen molar-refractivity contribution in [3.05, 3.63) is 29.8 Å². The summed E-state index contributed by atoms with van der Waals surface area (Å²) in [5.74, 6) is -0.168. The van der Waals surface area contributed by atoms with Crippen LogP contribution in [-0.2, 0) is 14.8 Å². The second kappa shape index (κ2) is 8.23. The molecular formula is C14H22N2O4S. The molecule has 0 bridgehead atoms. The van der Waals surface area contributed by atoms with Gasteiger partial charge in [-0.05, 0) is 33.2 Å². The third-order valence-electron chi connectivity index (χ3n) is 2.77. The molecule has 0 aliphatic carbocycles. The molecule has 1 aromatic carbocycles. The van der Waals surface area contributed by atoms with Crippen molar-refractivity contribution in [1.29, 1.82) is 0 Å². The Hall–Kier alpha value is -1.28. The first-order chi connectivity index (χ1) is 9.83. The maximum Gasteiger partial charge on any atom is 0.240 e. The summed E-state index contributed by atoms with van der Waals surface area (Å²) in [7, 11) is 0.265. The molecule has 0 amide bonds. The number of nitrogens with one attached hydrogen (secondary N) is 1. The van der Waals surface area contributed by atoms with Gasteiger partial charge in [-0.15, -0.1) is 0 Å². The highest BCUT2D eigenvalue weighted by molar-refractivity contribution is 7.89. The highest BCUT2D eigenvalue weighted by Gasteiger charge is 2.14. The number of Topliss-reactive ketones (excluding diaryl/α,β-unsaturated/α-hetero) is 1. The number of nitrogens with zero attached hydrogens (tertiary/aromatic N) is 1. The highest BCUT2D eigenvalue weighted by atomic mass is 32.2. The van der Waals surface area contributed by atoms with Gasteiger partial charge in [0.2, 0.25) is 10.0 Å². The molecule has 0 spiro atoms. The Bertz CT molecular complexity index is 570. The summed E-state index contributed by atoms with van der Waals surface area (Å²) in [6, 6.07) is 5.98. The van der Waals surface area contributed by atoms with Gasteiger partial charge >= 0.3 is 0 Å². The van der Waals surface area contributed by atoms with Crippen molar-refractivity contribution in [2.45, 2.75) is 11.8 Å². The fourth-order valence-electron chi connectivity index (χ4n) is 1.56. The second-order valence-corrected chi connectivity index (χ2v) is 6.66. The Morgan fingerprint density at radius 2 is 2.00 bits per heavy atom. The van der Waals surface area contributed by atoms with Crippen LogP contribution in [0, 0.1) is 0 Å². The van der Waals surface area contributed by atoms with Crippen molar-refractivity contribution in [2.24, 2.45) is 0 Å². The molecule has 7 heteroatoms. The average Bonchev–Trinajstić information content (AvgIpc) is 2.42. The van der Waals surface area contributed by atoms with Gasteiger partial charge in [0.25, 0.3) is 0 Å². The average molecular weight is 314 g/mol. The van der Waals surface area contributed by atoms with Crippen LogP contribution in [0.25, 0.3) is 0 Å². The lowest BCUT2D eigenvalue weighted by molar-refractivity contribution is 0.101. The van der Waals surface area contributed by atoms with Crippen LogP contribution in [0.4, 0.5) is 0 Å². The summed E-state index contributed by atoms with van der Waals surface area (Å²) in [6.45, 7) is 3.24. The van der Waals surface area contributed by atoms with E-state index in [9.17, 15) is 13.2 Å². The smallest absolute Gasteiger partial charge is 0.240 e. The summed E-state index contributed by atoms with van der Waals surface area (Å²) in [5.41, 5.74) is 0.375. The molecule has 0 saturated carbocycles. The van der Waals surface area contributed by atoms with Crippen molar-refractivity contribution in [3.8, 4) is 0 Å².